The molecule has 3 nitrogen and oxygen atoms in total. The van der Waals surface area contributed by atoms with Crippen LogP contribution in [0.3, 0.4) is 0 Å². The summed E-state index contributed by atoms with van der Waals surface area (Å²) in [6, 6.07) is 30.9. The van der Waals surface area contributed by atoms with Crippen LogP contribution in [0.25, 0.3) is 33.4 Å². The second-order valence-electron chi connectivity index (χ2n) is 13.8. The molecule has 0 saturated heterocycles. The van der Waals surface area contributed by atoms with Gasteiger partial charge in [0.1, 0.15) is 30.9 Å². The Morgan fingerprint density at radius 3 is 1.98 bits per heavy atom. The molecule has 250 valence electrons. The number of rotatable bonds is 4. The molecule has 0 N–H and O–H groups in total. The molecule has 0 fully saturated rings. The summed E-state index contributed by atoms with van der Waals surface area (Å²) in [6.07, 6.45) is -2.08. The standard InChI is InChI=1S/C46H44O3Si/c1-9-31-25-27-33(30(4)43(31)35-17-15-23-41-45(35)48-38-20-12-13-22-40(38)50(41,7)8)32-26-24-28(2)42(29(32)3)34-16-14-21-39-44(34)47-37-19-11-10-18-36(37)46(5,6)49-39/h10-27H,9H2,1-8H3/i2D3,3D3,4D3,9D2. The molecule has 0 aromatic heterocycles. The molecule has 2 heterocycles. The average molecular weight is 684 g/mol. The molecule has 0 amide bonds. The van der Waals surface area contributed by atoms with Crippen LogP contribution in [-0.2, 0) is 12.0 Å². The number of aryl methyl sites for hydroxylation is 2. The van der Waals surface area contributed by atoms with Crippen LogP contribution in [0.5, 0.6) is 28.7 Å². The van der Waals surface area contributed by atoms with Gasteiger partial charge in [0.2, 0.25) is 0 Å². The molecule has 2 aliphatic rings. The number of hydrogen-bond donors (Lipinski definition) is 0. The van der Waals surface area contributed by atoms with Crippen LogP contribution in [0.1, 0.15) is 63.7 Å². The molecule has 0 saturated carbocycles. The minimum atomic E-state index is -3.03. The largest absolute Gasteiger partial charge is 0.479 e. The van der Waals surface area contributed by atoms with Crippen LogP contribution in [0.4, 0.5) is 0 Å². The van der Waals surface area contributed by atoms with Crippen LogP contribution >= 0.6 is 0 Å². The molecular formula is C46H44O3Si. The molecule has 8 rings (SSSR count). The highest BCUT2D eigenvalue weighted by Crippen LogP contribution is 2.51. The molecule has 0 unspecified atom stereocenters. The van der Waals surface area contributed by atoms with Crippen LogP contribution in [0.15, 0.2) is 109 Å². The Kier molecular flexibility index (Phi) is 5.16. The molecule has 4 heteroatoms. The van der Waals surface area contributed by atoms with Gasteiger partial charge in [-0.3, -0.25) is 0 Å². The summed E-state index contributed by atoms with van der Waals surface area (Å²) in [7, 11) is -2.46. The Morgan fingerprint density at radius 2 is 1.22 bits per heavy atom. The van der Waals surface area contributed by atoms with Crippen molar-refractivity contribution >= 4 is 18.4 Å². The number of ether oxygens (including phenoxy) is 3. The van der Waals surface area contributed by atoms with Crippen molar-refractivity contribution in [3.05, 3.63) is 137 Å². The average Bonchev–Trinajstić information content (AvgIpc) is 3.28. The van der Waals surface area contributed by atoms with Crippen molar-refractivity contribution in [2.45, 2.75) is 66.4 Å². The number of para-hydroxylation sites is 4. The van der Waals surface area contributed by atoms with Gasteiger partial charge in [0.15, 0.2) is 11.5 Å². The van der Waals surface area contributed by atoms with E-state index in [1.807, 2.05) is 62.4 Å². The van der Waals surface area contributed by atoms with Crippen molar-refractivity contribution in [1.82, 2.24) is 0 Å². The van der Waals surface area contributed by atoms with Crippen molar-refractivity contribution in [2.24, 2.45) is 0 Å². The van der Waals surface area contributed by atoms with E-state index in [9.17, 15) is 0 Å². The van der Waals surface area contributed by atoms with Gasteiger partial charge in [-0.05, 0) is 114 Å². The maximum Gasteiger partial charge on any atom is 0.177 e. The first-order valence-electron chi connectivity index (χ1n) is 22.2. The SMILES string of the molecule is [2H]C([2H])([2H])c1ccc(-c2ccc(C([2H])([2H])C)c(-c3cccc4c3Oc3ccccc3[Si]4(C)C)c2C([2H])([2H])[2H])c(C([2H])([2H])[2H])c1-c1cccc2c1Oc1ccccc1C(C)(C)O2. The zero-order valence-electron chi connectivity index (χ0n) is 39.6. The summed E-state index contributed by atoms with van der Waals surface area (Å²) >= 11 is 0. The smallest absolute Gasteiger partial charge is 0.177 e. The first-order chi connectivity index (χ1) is 28.3. The summed E-state index contributed by atoms with van der Waals surface area (Å²) in [5.41, 5.74) is -0.865. The molecule has 6 aromatic rings. The van der Waals surface area contributed by atoms with Gasteiger partial charge < -0.3 is 14.2 Å². The molecule has 0 atom stereocenters. The maximum absolute atomic E-state index is 9.14. The number of fused-ring (bicyclic) bond motifs is 4. The lowest BCUT2D eigenvalue weighted by Crippen LogP contribution is -2.56. The normalized spacial score (nSPS) is 19.2. The molecule has 0 radical (unpaired) electrons. The zero-order valence-corrected chi connectivity index (χ0v) is 29.6. The van der Waals surface area contributed by atoms with Crippen LogP contribution in [0.2, 0.25) is 13.1 Å². The van der Waals surface area contributed by atoms with Gasteiger partial charge in [0, 0.05) is 31.8 Å². The van der Waals surface area contributed by atoms with Crippen LogP contribution in [0, 0.1) is 20.6 Å². The minimum Gasteiger partial charge on any atom is -0.479 e. The maximum atomic E-state index is 9.14. The Hall–Kier alpha value is -5.06. The third kappa shape index (κ3) is 4.92. The first kappa shape index (κ1) is 21.9. The highest BCUT2D eigenvalue weighted by molar-refractivity contribution is 7.01. The van der Waals surface area contributed by atoms with Crippen molar-refractivity contribution in [3.8, 4) is 62.1 Å². The van der Waals surface area contributed by atoms with Gasteiger partial charge in [-0.2, -0.15) is 0 Å². The quantitative estimate of drug-likeness (QED) is 0.173. The van der Waals surface area contributed by atoms with Gasteiger partial charge in [0.25, 0.3) is 0 Å². The number of benzene rings is 6. The summed E-state index contributed by atoms with van der Waals surface area (Å²) in [5, 5.41) is 1.94. The second-order valence-corrected chi connectivity index (χ2v) is 18.1. The lowest BCUT2D eigenvalue weighted by molar-refractivity contribution is 0.111. The monoisotopic (exact) mass is 683 g/mol. The summed E-state index contributed by atoms with van der Waals surface area (Å²) in [4.78, 5) is 0. The van der Waals surface area contributed by atoms with Gasteiger partial charge >= 0.3 is 0 Å². The van der Waals surface area contributed by atoms with E-state index >= 15 is 0 Å². The first-order valence-corrected chi connectivity index (χ1v) is 19.7. The van der Waals surface area contributed by atoms with E-state index in [0.29, 0.717) is 28.4 Å². The zero-order chi connectivity index (χ0) is 44.2. The van der Waals surface area contributed by atoms with Gasteiger partial charge in [-0.15, -0.1) is 0 Å². The van der Waals surface area contributed by atoms with Crippen molar-refractivity contribution in [3.63, 3.8) is 0 Å². The van der Waals surface area contributed by atoms with E-state index in [1.54, 1.807) is 36.4 Å². The molecule has 2 aliphatic heterocycles. The van der Waals surface area contributed by atoms with E-state index in [4.69, 9.17) is 29.3 Å². The Morgan fingerprint density at radius 1 is 0.600 bits per heavy atom. The predicted octanol–water partition coefficient (Wildman–Crippen LogP) is 11.5. The predicted molar refractivity (Wildman–Crippen MR) is 210 cm³/mol. The number of hydrogen-bond acceptors (Lipinski definition) is 3. The Bertz CT molecular complexity index is 2740. The Labute approximate surface area is 313 Å². The third-order valence-corrected chi connectivity index (χ3v) is 13.6. The van der Waals surface area contributed by atoms with E-state index in [-0.39, 0.29) is 56.0 Å². The topological polar surface area (TPSA) is 27.7 Å². The lowest BCUT2D eigenvalue weighted by Gasteiger charge is -2.34. The van der Waals surface area contributed by atoms with Crippen LogP contribution < -0.4 is 24.6 Å². The van der Waals surface area contributed by atoms with E-state index in [2.05, 4.69) is 13.1 Å². The van der Waals surface area contributed by atoms with E-state index < -0.39 is 46.2 Å². The fourth-order valence-electron chi connectivity index (χ4n) is 7.48. The lowest BCUT2D eigenvalue weighted by atomic mass is 9.84. The molecule has 6 aromatic carbocycles. The summed E-state index contributed by atoms with van der Waals surface area (Å²) < 4.78 is 119. The highest BCUT2D eigenvalue weighted by Gasteiger charge is 2.38. The summed E-state index contributed by atoms with van der Waals surface area (Å²) in [5.74, 6) is 1.81. The van der Waals surface area contributed by atoms with Crippen LogP contribution in [-0.4, -0.2) is 8.07 Å². The fourth-order valence-corrected chi connectivity index (χ4v) is 10.3. The second kappa shape index (κ2) is 11.8. The van der Waals surface area contributed by atoms with Crippen molar-refractivity contribution in [1.29, 1.82) is 0 Å². The van der Waals surface area contributed by atoms with E-state index in [0.717, 1.165) is 10.4 Å². The summed E-state index contributed by atoms with van der Waals surface area (Å²) in [6.45, 7) is 0.597. The van der Waals surface area contributed by atoms with Gasteiger partial charge in [-0.25, -0.2) is 0 Å². The Balaban J connectivity index is 1.49. The van der Waals surface area contributed by atoms with Gasteiger partial charge in [0.05, 0.1) is 0 Å². The van der Waals surface area contributed by atoms with Gasteiger partial charge in [-0.1, -0.05) is 111 Å². The highest BCUT2D eigenvalue weighted by atomic mass is 28.3. The van der Waals surface area contributed by atoms with E-state index in [1.165, 1.54) is 31.2 Å². The van der Waals surface area contributed by atoms with Crippen molar-refractivity contribution in [2.75, 3.05) is 0 Å². The third-order valence-electron chi connectivity index (χ3n) is 10.1. The molecule has 0 bridgehead atoms. The minimum absolute atomic E-state index is 0.0246. The molecule has 0 spiro atoms. The molecular weight excluding hydrogens is 629 g/mol. The molecule has 50 heavy (non-hydrogen) atoms. The fraction of sp³-hybridized carbons (Fsp3) is 0.217. The molecule has 0 aliphatic carbocycles. The van der Waals surface area contributed by atoms with Crippen molar-refractivity contribution < 1.29 is 29.3 Å².